The molecule has 1 saturated heterocycles. The molecule has 1 atom stereocenters. The Morgan fingerprint density at radius 2 is 2.16 bits per heavy atom. The molecule has 1 amide bonds. The number of aromatic amines is 1. The van der Waals surface area contributed by atoms with E-state index in [-0.39, 0.29) is 12.1 Å². The van der Waals surface area contributed by atoms with Crippen LogP contribution in [-0.4, -0.2) is 51.6 Å². The second kappa shape index (κ2) is 5.16. The van der Waals surface area contributed by atoms with E-state index in [1.807, 2.05) is 27.7 Å². The number of hydrogen-bond donors (Lipinski definition) is 2. The molecule has 7 heteroatoms. The molecule has 1 aliphatic rings. The Balaban J connectivity index is 2.01. The maximum atomic E-state index is 12.0. The smallest absolute Gasteiger partial charge is 0.410 e. The molecule has 2 N–H and O–H groups in total. The minimum absolute atomic E-state index is 0.0000170. The minimum Gasteiger partial charge on any atom is -0.444 e. The summed E-state index contributed by atoms with van der Waals surface area (Å²) in [6, 6.07) is 0.0000170. The number of aryl methyl sites for hydroxylation is 1. The maximum absolute atomic E-state index is 12.0. The van der Waals surface area contributed by atoms with Gasteiger partial charge in [-0.25, -0.2) is 4.79 Å². The number of ether oxygens (including phenoxy) is 1. The van der Waals surface area contributed by atoms with Gasteiger partial charge in [-0.15, -0.1) is 0 Å². The minimum atomic E-state index is -0.471. The fraction of sp³-hybridized carbons (Fsp3) is 0.750. The molecule has 2 rings (SSSR count). The molecule has 1 unspecified atom stereocenters. The highest BCUT2D eigenvalue weighted by molar-refractivity contribution is 5.68. The number of carbonyl (C=O) groups is 1. The third-order valence-electron chi connectivity index (χ3n) is 2.92. The van der Waals surface area contributed by atoms with E-state index < -0.39 is 5.60 Å². The van der Waals surface area contributed by atoms with Crippen LogP contribution in [0.4, 0.5) is 4.79 Å². The van der Waals surface area contributed by atoms with Gasteiger partial charge in [0.05, 0.1) is 11.7 Å². The predicted molar refractivity (Wildman–Crippen MR) is 69.7 cm³/mol. The normalized spacial score (nSPS) is 20.4. The zero-order valence-electron chi connectivity index (χ0n) is 11.9. The third kappa shape index (κ3) is 3.44. The zero-order valence-corrected chi connectivity index (χ0v) is 11.9. The maximum Gasteiger partial charge on any atom is 0.410 e. The van der Waals surface area contributed by atoms with E-state index in [9.17, 15) is 4.79 Å². The highest BCUT2D eigenvalue weighted by atomic mass is 16.6. The van der Waals surface area contributed by atoms with Gasteiger partial charge in [0, 0.05) is 19.6 Å². The first-order chi connectivity index (χ1) is 8.87. The lowest BCUT2D eigenvalue weighted by Crippen LogP contribution is -2.49. The van der Waals surface area contributed by atoms with Gasteiger partial charge in [0.15, 0.2) is 0 Å². The summed E-state index contributed by atoms with van der Waals surface area (Å²) < 4.78 is 5.39. The van der Waals surface area contributed by atoms with Crippen LogP contribution in [0.3, 0.4) is 0 Å². The van der Waals surface area contributed by atoms with E-state index in [1.165, 1.54) is 0 Å². The summed E-state index contributed by atoms with van der Waals surface area (Å²) in [5.74, 6) is 0. The first-order valence-electron chi connectivity index (χ1n) is 6.45. The van der Waals surface area contributed by atoms with Gasteiger partial charge in [0.25, 0.3) is 0 Å². The van der Waals surface area contributed by atoms with Crippen molar-refractivity contribution >= 4 is 6.09 Å². The molecule has 7 nitrogen and oxygen atoms in total. The van der Waals surface area contributed by atoms with Gasteiger partial charge >= 0.3 is 6.09 Å². The van der Waals surface area contributed by atoms with Crippen LogP contribution in [0.15, 0.2) is 0 Å². The molecular weight excluding hydrogens is 246 g/mol. The van der Waals surface area contributed by atoms with E-state index in [1.54, 1.807) is 4.90 Å². The van der Waals surface area contributed by atoms with E-state index in [4.69, 9.17) is 4.74 Å². The lowest BCUT2D eigenvalue weighted by molar-refractivity contribution is 0.0193. The second-order valence-electron chi connectivity index (χ2n) is 5.73. The molecule has 2 heterocycles. The number of piperazine rings is 1. The Kier molecular flexibility index (Phi) is 3.75. The van der Waals surface area contributed by atoms with Gasteiger partial charge in [0.2, 0.25) is 0 Å². The number of carbonyl (C=O) groups excluding carboxylic acids is 1. The average molecular weight is 267 g/mol. The van der Waals surface area contributed by atoms with Crippen molar-refractivity contribution in [2.24, 2.45) is 0 Å². The quantitative estimate of drug-likeness (QED) is 0.793. The van der Waals surface area contributed by atoms with Crippen molar-refractivity contribution in [2.75, 3.05) is 19.6 Å². The number of aromatic nitrogens is 3. The van der Waals surface area contributed by atoms with Crippen LogP contribution in [0.25, 0.3) is 0 Å². The van der Waals surface area contributed by atoms with Crippen molar-refractivity contribution < 1.29 is 9.53 Å². The van der Waals surface area contributed by atoms with Crippen LogP contribution < -0.4 is 5.32 Å². The molecule has 1 fully saturated rings. The van der Waals surface area contributed by atoms with E-state index >= 15 is 0 Å². The van der Waals surface area contributed by atoms with Crippen molar-refractivity contribution in [3.63, 3.8) is 0 Å². The van der Waals surface area contributed by atoms with Crippen LogP contribution >= 0.6 is 0 Å². The Bertz CT molecular complexity index is 451. The molecule has 0 spiro atoms. The first kappa shape index (κ1) is 13.8. The van der Waals surface area contributed by atoms with Gasteiger partial charge in [-0.05, 0) is 27.7 Å². The van der Waals surface area contributed by atoms with Gasteiger partial charge in [0.1, 0.15) is 11.3 Å². The summed E-state index contributed by atoms with van der Waals surface area (Å²) in [5.41, 5.74) is 1.23. The van der Waals surface area contributed by atoms with Crippen LogP contribution in [0.1, 0.15) is 38.2 Å². The number of hydrogen-bond acceptors (Lipinski definition) is 5. The van der Waals surface area contributed by atoms with Crippen LogP contribution in [0, 0.1) is 6.92 Å². The predicted octanol–water partition coefficient (Wildman–Crippen LogP) is 0.995. The summed E-state index contributed by atoms with van der Waals surface area (Å²) >= 11 is 0. The summed E-state index contributed by atoms with van der Waals surface area (Å²) in [6.45, 7) is 9.40. The third-order valence-corrected chi connectivity index (χ3v) is 2.92. The summed E-state index contributed by atoms with van der Waals surface area (Å²) in [4.78, 5) is 13.8. The Morgan fingerprint density at radius 3 is 2.74 bits per heavy atom. The first-order valence-corrected chi connectivity index (χ1v) is 6.45. The monoisotopic (exact) mass is 267 g/mol. The van der Waals surface area contributed by atoms with E-state index in [0.717, 1.165) is 17.9 Å². The van der Waals surface area contributed by atoms with Gasteiger partial charge in [-0.1, -0.05) is 0 Å². The highest BCUT2D eigenvalue weighted by Crippen LogP contribution is 2.19. The second-order valence-corrected chi connectivity index (χ2v) is 5.73. The fourth-order valence-corrected chi connectivity index (χ4v) is 2.05. The molecule has 1 aromatic heterocycles. The molecule has 0 bridgehead atoms. The van der Waals surface area contributed by atoms with E-state index in [0.29, 0.717) is 13.1 Å². The Morgan fingerprint density at radius 1 is 1.42 bits per heavy atom. The van der Waals surface area contributed by atoms with Crippen molar-refractivity contribution in [1.29, 1.82) is 0 Å². The topological polar surface area (TPSA) is 83.1 Å². The summed E-state index contributed by atoms with van der Waals surface area (Å²) in [7, 11) is 0. The van der Waals surface area contributed by atoms with Crippen molar-refractivity contribution in [2.45, 2.75) is 39.3 Å². The largest absolute Gasteiger partial charge is 0.444 e. The Labute approximate surface area is 112 Å². The fourth-order valence-electron chi connectivity index (χ4n) is 2.05. The summed E-state index contributed by atoms with van der Waals surface area (Å²) in [5, 5.41) is 14.1. The molecule has 1 aromatic rings. The molecule has 0 aliphatic carbocycles. The number of amides is 1. The van der Waals surface area contributed by atoms with Gasteiger partial charge in [-0.2, -0.15) is 15.4 Å². The van der Waals surface area contributed by atoms with Crippen LogP contribution in [0.2, 0.25) is 0 Å². The molecule has 1 aliphatic heterocycles. The zero-order chi connectivity index (χ0) is 14.0. The number of nitrogens with zero attached hydrogens (tertiary/aromatic N) is 3. The van der Waals surface area contributed by atoms with Crippen LogP contribution in [0.5, 0.6) is 0 Å². The molecule has 0 radical (unpaired) electrons. The van der Waals surface area contributed by atoms with Crippen LogP contribution in [-0.2, 0) is 4.74 Å². The van der Waals surface area contributed by atoms with Crippen molar-refractivity contribution in [3.8, 4) is 0 Å². The molecular formula is C12H21N5O2. The Hall–Kier alpha value is -1.63. The van der Waals surface area contributed by atoms with Gasteiger partial charge in [-0.3, -0.25) is 0 Å². The lowest BCUT2D eigenvalue weighted by atomic mass is 10.1. The lowest BCUT2D eigenvalue weighted by Gasteiger charge is -2.34. The number of rotatable bonds is 1. The van der Waals surface area contributed by atoms with Crippen molar-refractivity contribution in [3.05, 3.63) is 11.4 Å². The number of H-pyrrole nitrogens is 1. The SMILES string of the molecule is Cc1n[nH]nc1C1CN(C(=O)OC(C)(C)C)CCN1. The molecule has 19 heavy (non-hydrogen) atoms. The number of nitrogens with one attached hydrogen (secondary N) is 2. The van der Waals surface area contributed by atoms with Gasteiger partial charge < -0.3 is 15.0 Å². The van der Waals surface area contributed by atoms with E-state index in [2.05, 4.69) is 20.7 Å². The molecule has 0 aromatic carbocycles. The highest BCUT2D eigenvalue weighted by Gasteiger charge is 2.29. The average Bonchev–Trinajstić information content (AvgIpc) is 2.73. The van der Waals surface area contributed by atoms with Crippen molar-refractivity contribution in [1.82, 2.24) is 25.6 Å². The molecule has 0 saturated carbocycles. The standard InChI is InChI=1S/C12H21N5O2/c1-8-10(15-16-14-8)9-7-17(6-5-13-9)11(18)19-12(2,3)4/h9,13H,5-7H2,1-4H3,(H,14,15,16). The summed E-state index contributed by atoms with van der Waals surface area (Å²) in [6.07, 6.45) is -0.278. The molecule has 106 valence electrons.